The first kappa shape index (κ1) is 20.1. The number of aliphatic imine (C=N–C) groups is 1. The van der Waals surface area contributed by atoms with E-state index in [1.807, 2.05) is 49.4 Å². The number of aliphatic carboxylic acids is 1. The second kappa shape index (κ2) is 10.1. The fourth-order valence-electron chi connectivity index (χ4n) is 3.06. The van der Waals surface area contributed by atoms with E-state index in [0.29, 0.717) is 0 Å². The molecule has 0 aliphatic rings. The third-order valence-electron chi connectivity index (χ3n) is 4.40. The molecule has 0 aromatic heterocycles. The molecular formula is C20H25N5O2. The molecule has 2 aromatic carbocycles. The topological polar surface area (TPSA) is 126 Å². The summed E-state index contributed by atoms with van der Waals surface area (Å²) in [5, 5.41) is 12.8. The smallest absolute Gasteiger partial charge is 0.303 e. The van der Waals surface area contributed by atoms with Gasteiger partial charge in [0.05, 0.1) is 18.3 Å². The SMILES string of the molecule is Cc1cc(N=CNN)ccc1CCC(CC(=O)O)c1cccc(C=NN)c1. The van der Waals surface area contributed by atoms with Crippen LogP contribution in [-0.4, -0.2) is 23.6 Å². The summed E-state index contributed by atoms with van der Waals surface area (Å²) in [6, 6.07) is 13.6. The van der Waals surface area contributed by atoms with Gasteiger partial charge in [-0.3, -0.25) is 4.79 Å². The van der Waals surface area contributed by atoms with Crippen LogP contribution in [0.2, 0.25) is 0 Å². The van der Waals surface area contributed by atoms with E-state index in [1.165, 1.54) is 11.9 Å². The van der Waals surface area contributed by atoms with E-state index in [-0.39, 0.29) is 12.3 Å². The summed E-state index contributed by atoms with van der Waals surface area (Å²) in [6.45, 7) is 2.02. The lowest BCUT2D eigenvalue weighted by atomic mass is 9.88. The molecule has 0 bridgehead atoms. The Bertz CT molecular complexity index is 833. The molecule has 0 aliphatic carbocycles. The molecule has 2 aromatic rings. The maximum atomic E-state index is 11.3. The highest BCUT2D eigenvalue weighted by Crippen LogP contribution is 2.27. The summed E-state index contributed by atoms with van der Waals surface area (Å²) >= 11 is 0. The lowest BCUT2D eigenvalue weighted by molar-refractivity contribution is -0.137. The molecule has 0 aliphatic heterocycles. The number of rotatable bonds is 9. The van der Waals surface area contributed by atoms with E-state index in [1.54, 1.807) is 6.21 Å². The van der Waals surface area contributed by atoms with Crippen LogP contribution in [0.3, 0.4) is 0 Å². The average Bonchev–Trinajstić information content (AvgIpc) is 2.64. The Kier molecular flexibility index (Phi) is 7.51. The van der Waals surface area contributed by atoms with E-state index in [0.717, 1.165) is 35.2 Å². The summed E-state index contributed by atoms with van der Waals surface area (Å²) in [7, 11) is 0. The summed E-state index contributed by atoms with van der Waals surface area (Å²) in [6.07, 6.45) is 4.56. The molecule has 1 unspecified atom stereocenters. The van der Waals surface area contributed by atoms with Gasteiger partial charge < -0.3 is 16.4 Å². The van der Waals surface area contributed by atoms with Crippen molar-refractivity contribution < 1.29 is 9.90 Å². The predicted molar refractivity (Wildman–Crippen MR) is 108 cm³/mol. The molecule has 0 saturated carbocycles. The van der Waals surface area contributed by atoms with E-state index in [4.69, 9.17) is 11.7 Å². The molecule has 0 radical (unpaired) electrons. The molecule has 0 spiro atoms. The molecule has 2 rings (SSSR count). The Morgan fingerprint density at radius 3 is 2.78 bits per heavy atom. The van der Waals surface area contributed by atoms with Gasteiger partial charge in [-0.15, -0.1) is 0 Å². The fraction of sp³-hybridized carbons (Fsp3) is 0.250. The van der Waals surface area contributed by atoms with E-state index in [9.17, 15) is 9.90 Å². The number of carboxylic acids is 1. The van der Waals surface area contributed by atoms with Gasteiger partial charge in [0.15, 0.2) is 0 Å². The number of nitrogens with zero attached hydrogens (tertiary/aromatic N) is 2. The largest absolute Gasteiger partial charge is 0.481 e. The Morgan fingerprint density at radius 2 is 2.11 bits per heavy atom. The number of hydrogen-bond acceptors (Lipinski definition) is 5. The molecule has 142 valence electrons. The van der Waals surface area contributed by atoms with Gasteiger partial charge in [-0.1, -0.05) is 24.3 Å². The number of aryl methyl sites for hydroxylation is 2. The fourth-order valence-corrected chi connectivity index (χ4v) is 3.06. The first-order valence-electron chi connectivity index (χ1n) is 8.66. The molecule has 0 amide bonds. The van der Waals surface area contributed by atoms with Gasteiger partial charge in [-0.25, -0.2) is 10.8 Å². The van der Waals surface area contributed by atoms with Gasteiger partial charge in [-0.2, -0.15) is 5.10 Å². The normalized spacial score (nSPS) is 12.5. The lowest BCUT2D eigenvalue weighted by Gasteiger charge is -2.17. The van der Waals surface area contributed by atoms with Crippen LogP contribution < -0.4 is 17.1 Å². The molecule has 27 heavy (non-hydrogen) atoms. The number of hydrogen-bond donors (Lipinski definition) is 4. The second-order valence-electron chi connectivity index (χ2n) is 6.32. The van der Waals surface area contributed by atoms with Crippen molar-refractivity contribution in [3.05, 3.63) is 64.7 Å². The van der Waals surface area contributed by atoms with Crippen LogP contribution >= 0.6 is 0 Å². The Hall–Kier alpha value is -3.19. The van der Waals surface area contributed by atoms with Crippen LogP contribution in [0.15, 0.2) is 52.6 Å². The first-order valence-corrected chi connectivity index (χ1v) is 8.66. The van der Waals surface area contributed by atoms with E-state index < -0.39 is 5.97 Å². The zero-order valence-electron chi connectivity index (χ0n) is 15.3. The molecule has 0 saturated heterocycles. The van der Waals surface area contributed by atoms with Crippen molar-refractivity contribution in [3.8, 4) is 0 Å². The summed E-state index contributed by atoms with van der Waals surface area (Å²) in [5.41, 5.74) is 7.30. The van der Waals surface area contributed by atoms with Crippen LogP contribution in [0.4, 0.5) is 5.69 Å². The van der Waals surface area contributed by atoms with Crippen molar-refractivity contribution in [2.24, 2.45) is 21.8 Å². The zero-order valence-corrected chi connectivity index (χ0v) is 15.3. The molecule has 7 nitrogen and oxygen atoms in total. The summed E-state index contributed by atoms with van der Waals surface area (Å²) < 4.78 is 0. The lowest BCUT2D eigenvalue weighted by Crippen LogP contribution is -2.18. The zero-order chi connectivity index (χ0) is 19.6. The maximum absolute atomic E-state index is 11.3. The highest BCUT2D eigenvalue weighted by molar-refractivity contribution is 5.79. The monoisotopic (exact) mass is 367 g/mol. The van der Waals surface area contributed by atoms with E-state index in [2.05, 4.69) is 15.5 Å². The molecule has 6 N–H and O–H groups in total. The van der Waals surface area contributed by atoms with Gasteiger partial charge in [-0.05, 0) is 66.1 Å². The van der Waals surface area contributed by atoms with Crippen LogP contribution in [0, 0.1) is 6.92 Å². The number of hydrazone groups is 1. The molecule has 7 heteroatoms. The van der Waals surface area contributed by atoms with Crippen LogP contribution in [0.5, 0.6) is 0 Å². The molecular weight excluding hydrogens is 342 g/mol. The number of carboxylic acid groups (broad SMARTS) is 1. The van der Waals surface area contributed by atoms with E-state index >= 15 is 0 Å². The first-order chi connectivity index (χ1) is 13.0. The van der Waals surface area contributed by atoms with Crippen molar-refractivity contribution in [1.29, 1.82) is 0 Å². The third kappa shape index (κ3) is 6.23. The molecule has 1 atom stereocenters. The Balaban J connectivity index is 2.16. The Morgan fingerprint density at radius 1 is 1.30 bits per heavy atom. The average molecular weight is 367 g/mol. The van der Waals surface area contributed by atoms with Gasteiger partial charge >= 0.3 is 5.97 Å². The van der Waals surface area contributed by atoms with Crippen molar-refractivity contribution in [2.45, 2.75) is 32.1 Å². The van der Waals surface area contributed by atoms with Crippen LogP contribution in [0.1, 0.15) is 41.0 Å². The van der Waals surface area contributed by atoms with Gasteiger partial charge in [0, 0.05) is 0 Å². The number of nitrogens with one attached hydrogen (secondary N) is 1. The minimum absolute atomic E-state index is 0.0762. The van der Waals surface area contributed by atoms with Crippen LogP contribution in [-0.2, 0) is 11.2 Å². The predicted octanol–water partition coefficient (Wildman–Crippen LogP) is 2.60. The minimum Gasteiger partial charge on any atom is -0.481 e. The van der Waals surface area contributed by atoms with Gasteiger partial charge in [0.25, 0.3) is 0 Å². The van der Waals surface area contributed by atoms with Crippen molar-refractivity contribution >= 4 is 24.2 Å². The molecule has 0 heterocycles. The van der Waals surface area contributed by atoms with Crippen molar-refractivity contribution in [3.63, 3.8) is 0 Å². The number of hydrazine groups is 1. The maximum Gasteiger partial charge on any atom is 0.303 e. The third-order valence-corrected chi connectivity index (χ3v) is 4.40. The number of nitrogens with two attached hydrogens (primary N) is 2. The highest BCUT2D eigenvalue weighted by atomic mass is 16.4. The number of benzene rings is 2. The van der Waals surface area contributed by atoms with Gasteiger partial charge in [0.1, 0.15) is 6.34 Å². The van der Waals surface area contributed by atoms with Crippen molar-refractivity contribution in [1.82, 2.24) is 5.43 Å². The quantitative estimate of drug-likeness (QED) is 0.234. The summed E-state index contributed by atoms with van der Waals surface area (Å²) in [4.78, 5) is 15.5. The molecule has 0 fully saturated rings. The van der Waals surface area contributed by atoms with Crippen molar-refractivity contribution in [2.75, 3.05) is 0 Å². The minimum atomic E-state index is -0.811. The second-order valence-corrected chi connectivity index (χ2v) is 6.32. The standard InChI is InChI=1S/C20H25N5O2/c1-14-9-19(23-13-25-22)8-7-16(14)5-6-18(11-20(26)27)17-4-2-3-15(10-17)12-24-21/h2-4,7-10,12-13,18H,5-6,11,21-22H2,1H3,(H,23,25)(H,26,27). The van der Waals surface area contributed by atoms with Crippen LogP contribution in [0.25, 0.3) is 0 Å². The Labute approximate surface area is 158 Å². The number of carbonyl (C=O) groups is 1. The highest BCUT2D eigenvalue weighted by Gasteiger charge is 2.16. The van der Waals surface area contributed by atoms with Gasteiger partial charge in [0.2, 0.25) is 0 Å². The summed E-state index contributed by atoms with van der Waals surface area (Å²) in [5.74, 6) is 9.50.